The number of aromatic nitrogens is 2. The van der Waals surface area contributed by atoms with Crippen LogP contribution in [0.15, 0.2) is 207 Å². The number of nitrogens with one attached hydrogen (secondary N) is 4. The summed E-state index contributed by atoms with van der Waals surface area (Å²) in [6, 6.07) is 57.5. The zero-order valence-corrected chi connectivity index (χ0v) is 62.5. The van der Waals surface area contributed by atoms with Gasteiger partial charge in [0.15, 0.2) is 0 Å². The van der Waals surface area contributed by atoms with Crippen molar-refractivity contribution in [2.75, 3.05) is 32.9 Å². The van der Waals surface area contributed by atoms with Gasteiger partial charge in [-0.1, -0.05) is 121 Å². The van der Waals surface area contributed by atoms with E-state index in [1.807, 2.05) is 146 Å². The maximum absolute atomic E-state index is 13.4. The number of carbonyl (C=O) groups is 3. The highest BCUT2D eigenvalue weighted by Crippen LogP contribution is 2.37. The van der Waals surface area contributed by atoms with Crippen molar-refractivity contribution in [3.63, 3.8) is 0 Å². The summed E-state index contributed by atoms with van der Waals surface area (Å²) in [4.78, 5) is 63.0. The molecule has 12 N–H and O–H groups in total. The molecule has 2 amide bonds. The molecular formula is C86H88IN7O15. The maximum Gasteiger partial charge on any atom is 0.326 e. The Kier molecular flexibility index (Phi) is 27.9. The van der Waals surface area contributed by atoms with Gasteiger partial charge < -0.3 is 66.2 Å². The van der Waals surface area contributed by atoms with Crippen molar-refractivity contribution >= 4 is 62.2 Å². The molecule has 4 saturated heterocycles. The highest BCUT2D eigenvalue weighted by molar-refractivity contribution is 14.1. The van der Waals surface area contributed by atoms with Crippen molar-refractivity contribution < 1.29 is 74.5 Å². The number of terminal acetylenes is 1. The van der Waals surface area contributed by atoms with E-state index in [1.54, 1.807) is 96.6 Å². The third-order valence-corrected chi connectivity index (χ3v) is 19.9. The average Bonchev–Trinajstić information content (AvgIpc) is 1.64. The molecule has 4 aliphatic heterocycles. The third kappa shape index (κ3) is 20.9. The highest BCUT2D eigenvalue weighted by Gasteiger charge is 2.54. The number of hydrogen-bond donors (Lipinski definition) is 12. The van der Waals surface area contributed by atoms with Crippen LogP contribution in [0.2, 0.25) is 0 Å². The Hall–Kier alpha value is -10.4. The molecule has 0 radical (unpaired) electrons. The summed E-state index contributed by atoms with van der Waals surface area (Å²) in [5.74, 6) is 13.2. The summed E-state index contributed by atoms with van der Waals surface area (Å²) in [5, 5.41) is 91.9. The van der Waals surface area contributed by atoms with Crippen molar-refractivity contribution in [2.24, 2.45) is 17.8 Å². The smallest absolute Gasteiger partial charge is 0.326 e. The number of ether oxygens (including phenoxy) is 1. The first kappa shape index (κ1) is 79.7. The number of aromatic hydroxyl groups is 3. The summed E-state index contributed by atoms with van der Waals surface area (Å²) in [6.45, 7) is 6.56. The third-order valence-electron chi connectivity index (χ3n) is 19.2. The molecule has 0 spiro atoms. The lowest BCUT2D eigenvalue weighted by molar-refractivity contribution is -0.202. The highest BCUT2D eigenvalue weighted by atomic mass is 127. The lowest BCUT2D eigenvalue weighted by atomic mass is 9.92. The molecule has 22 nitrogen and oxygen atoms in total. The number of carbonyl (C=O) groups excluding carboxylic acids is 3. The Morgan fingerprint density at radius 2 is 0.899 bits per heavy atom. The minimum atomic E-state index is -0.862. The van der Waals surface area contributed by atoms with E-state index in [-0.39, 0.29) is 60.3 Å². The number of nitrogens with zero attached hydrogens (tertiary/aromatic N) is 3. The fraction of sp³-hybridized carbons (Fsp3) is 0.291. The van der Waals surface area contributed by atoms with Gasteiger partial charge in [-0.3, -0.25) is 28.9 Å². The number of aliphatic hydroxyl groups is 5. The fourth-order valence-corrected chi connectivity index (χ4v) is 14.1. The predicted octanol–water partition coefficient (Wildman–Crippen LogP) is 8.91. The summed E-state index contributed by atoms with van der Waals surface area (Å²) in [7, 11) is 0. The van der Waals surface area contributed by atoms with Gasteiger partial charge in [0.1, 0.15) is 53.7 Å². The van der Waals surface area contributed by atoms with Crippen LogP contribution in [-0.4, -0.2) is 171 Å². The van der Waals surface area contributed by atoms with E-state index in [0.29, 0.717) is 68.9 Å². The van der Waals surface area contributed by atoms with Crippen molar-refractivity contribution in [2.45, 2.75) is 108 Å². The zero-order valence-electron chi connectivity index (χ0n) is 60.4. The van der Waals surface area contributed by atoms with Gasteiger partial charge in [0.25, 0.3) is 0 Å². The van der Waals surface area contributed by atoms with Gasteiger partial charge in [-0.05, 0) is 187 Å². The Bertz CT molecular complexity index is 4650. The normalized spacial score (nSPS) is 20.9. The van der Waals surface area contributed by atoms with Gasteiger partial charge in [-0.15, -0.1) is 6.42 Å². The number of hydroxylamine groups is 6. The Labute approximate surface area is 646 Å². The summed E-state index contributed by atoms with van der Waals surface area (Å²) in [5.41, 5.74) is 10.9. The molecule has 109 heavy (non-hydrogen) atoms. The number of hydrogen-bond acceptors (Lipinski definition) is 18. The molecule has 23 heteroatoms. The van der Waals surface area contributed by atoms with Gasteiger partial charge in [-0.25, -0.2) is 0 Å². The van der Waals surface area contributed by atoms with E-state index in [2.05, 4.69) is 72.8 Å². The quantitative estimate of drug-likeness (QED) is 0.0204. The number of H-pyrrole nitrogens is 2. The van der Waals surface area contributed by atoms with Crippen LogP contribution in [0.4, 0.5) is 0 Å². The number of benzene rings is 8. The average molecular weight is 1590 g/mol. The Morgan fingerprint density at radius 3 is 1.30 bits per heavy atom. The number of halogens is 1. The number of cyclic esters (lactones) is 1. The zero-order chi connectivity index (χ0) is 77.1. The van der Waals surface area contributed by atoms with E-state index < -0.39 is 60.5 Å². The second kappa shape index (κ2) is 38.1. The van der Waals surface area contributed by atoms with Crippen LogP contribution < -0.4 is 10.6 Å². The van der Waals surface area contributed by atoms with Gasteiger partial charge in [0.05, 0.1) is 63.7 Å². The lowest BCUT2D eigenvalue weighted by Crippen LogP contribution is -2.48. The first-order valence-corrected chi connectivity index (χ1v) is 37.0. The lowest BCUT2D eigenvalue weighted by Gasteiger charge is -2.24. The Morgan fingerprint density at radius 1 is 0.514 bits per heavy atom. The van der Waals surface area contributed by atoms with Gasteiger partial charge in [0, 0.05) is 90.5 Å². The number of aromatic amines is 2. The summed E-state index contributed by atoms with van der Waals surface area (Å²) < 4.78 is 6.28. The molecule has 8 aromatic carbocycles. The number of esters is 1. The largest absolute Gasteiger partial charge is 0.508 e. The first-order valence-electron chi connectivity index (χ1n) is 35.9. The Balaban J connectivity index is 0.000000160. The van der Waals surface area contributed by atoms with Crippen LogP contribution in [-0.2, 0) is 66.1 Å². The minimum absolute atomic E-state index is 0.0913. The number of para-hydroxylation sites is 2. The van der Waals surface area contributed by atoms with E-state index in [9.17, 15) is 50.1 Å². The molecule has 0 aliphatic carbocycles. The second-order valence-corrected chi connectivity index (χ2v) is 28.3. The van der Waals surface area contributed by atoms with Crippen LogP contribution in [0.25, 0.3) is 21.8 Å². The number of fused-ring (bicyclic) bond motifs is 3. The van der Waals surface area contributed by atoms with Crippen LogP contribution in [0.1, 0.15) is 76.4 Å². The molecule has 10 aromatic rings. The van der Waals surface area contributed by atoms with Crippen LogP contribution in [0, 0.1) is 57.3 Å². The second-order valence-electron chi connectivity index (χ2n) is 27.1. The van der Waals surface area contributed by atoms with Gasteiger partial charge in [0.2, 0.25) is 11.8 Å². The number of amides is 2. The van der Waals surface area contributed by atoms with Gasteiger partial charge in [-0.2, -0.15) is 15.2 Å². The molecule has 0 saturated carbocycles. The van der Waals surface area contributed by atoms with E-state index in [1.165, 1.54) is 0 Å². The number of rotatable bonds is 19. The molecule has 0 bridgehead atoms. The molecule has 4 fully saturated rings. The van der Waals surface area contributed by atoms with Crippen molar-refractivity contribution in [1.82, 2.24) is 35.8 Å². The molecule has 2 aromatic heterocycles. The molecule has 564 valence electrons. The standard InChI is InChI=1S/2C32H33N3O5.C14H16INO4.C8H6O/c2*1-21(37)31-28(20-36)30(32(39)33-16-15-25-18-34-29-8-3-2-7-27(25)29)35(40-31)19-24-13-10-22(11-14-24)9-12-23-5-4-6-26(38)17-23;1-8(17)13-11-7-19-14(18)12(11)16(20-13)6-9-2-4-10(15)5-3-9;1-2-7-4-3-5-8(9)6-7/h2*2-8,10-11,13-14,17-18,21,28,30-31,34,36-38H,15-16,19-20H2,1H3,(H,33,39);2-5,8,11-13,17H,6-7H2,1H3;1,3-6,9H/t2*21-,28-,30-,31-;8-,11-,12-,13-;/m000./s1. The van der Waals surface area contributed by atoms with Crippen molar-refractivity contribution in [3.8, 4) is 53.3 Å². The molecule has 0 unspecified atom stereocenters. The SMILES string of the molecule is C#Cc1cccc(O)c1.C[C@H](O)[C@@H]1ON(Cc2ccc(C#Cc3cccc(O)c3)cc2)[C@H](C(=O)NCCc2c[nH]c3ccccc23)[C@@H]1CO.C[C@H](O)[C@@H]1ON(Cc2ccc(C#Cc3cccc(O)c3)cc2)[C@H](C(=O)NCCc2c[nH]c3ccccc23)[C@@H]1CO.C[C@H](O)[C@@H]1ON(Cc2ccc(I)cc2)[C@@H]2C(=O)OC[C@H]12. The van der Waals surface area contributed by atoms with Crippen molar-refractivity contribution in [1.29, 1.82) is 0 Å². The van der Waals surface area contributed by atoms with E-state index >= 15 is 0 Å². The molecule has 4 aliphatic rings. The van der Waals surface area contributed by atoms with E-state index in [0.717, 1.165) is 64.3 Å². The summed E-state index contributed by atoms with van der Waals surface area (Å²) >= 11 is 2.25. The molecule has 14 rings (SSSR count). The number of aliphatic hydroxyl groups excluding tert-OH is 5. The molecular weight excluding hydrogens is 1500 g/mol. The summed E-state index contributed by atoms with van der Waals surface area (Å²) in [6.07, 6.45) is 6.13. The maximum atomic E-state index is 13.4. The van der Waals surface area contributed by atoms with Crippen LogP contribution >= 0.6 is 22.6 Å². The number of phenols is 3. The van der Waals surface area contributed by atoms with Gasteiger partial charge >= 0.3 is 5.97 Å². The number of phenolic OH excluding ortho intramolecular Hbond substituents is 3. The fourth-order valence-electron chi connectivity index (χ4n) is 13.7. The van der Waals surface area contributed by atoms with Crippen LogP contribution in [0.5, 0.6) is 17.2 Å². The topological polar surface area (TPSA) is 315 Å². The minimum Gasteiger partial charge on any atom is -0.508 e. The van der Waals surface area contributed by atoms with Crippen LogP contribution in [0.3, 0.4) is 0 Å². The van der Waals surface area contributed by atoms with Crippen molar-refractivity contribution in [3.05, 3.63) is 266 Å². The van der Waals surface area contributed by atoms with E-state index in [4.69, 9.17) is 30.8 Å². The predicted molar refractivity (Wildman–Crippen MR) is 420 cm³/mol. The molecule has 6 heterocycles. The monoisotopic (exact) mass is 1590 g/mol. The molecule has 12 atom stereocenters. The first-order chi connectivity index (χ1) is 52.7.